The van der Waals surface area contributed by atoms with Crippen molar-refractivity contribution in [2.24, 2.45) is 5.73 Å². The summed E-state index contributed by atoms with van der Waals surface area (Å²) in [6.07, 6.45) is -0.266. The van der Waals surface area contributed by atoms with Gasteiger partial charge in [0.05, 0.1) is 5.02 Å². The second-order valence-electron chi connectivity index (χ2n) is 4.33. The topological polar surface area (TPSA) is 35.2 Å². The van der Waals surface area contributed by atoms with Crippen molar-refractivity contribution in [3.05, 3.63) is 63.6 Å². The third-order valence-corrected chi connectivity index (χ3v) is 3.34. The van der Waals surface area contributed by atoms with E-state index in [0.29, 0.717) is 22.3 Å². The van der Waals surface area contributed by atoms with Gasteiger partial charge in [0.25, 0.3) is 0 Å². The Morgan fingerprint density at radius 3 is 2.63 bits per heavy atom. The molecule has 0 aliphatic heterocycles. The van der Waals surface area contributed by atoms with Crippen LogP contribution in [0.3, 0.4) is 0 Å². The maximum absolute atomic E-state index is 6.12. The first-order valence-corrected chi connectivity index (χ1v) is 6.74. The van der Waals surface area contributed by atoms with E-state index in [9.17, 15) is 0 Å². The molecule has 0 amide bonds. The van der Waals surface area contributed by atoms with Crippen LogP contribution in [0, 0.1) is 6.92 Å². The molecule has 0 spiro atoms. The lowest BCUT2D eigenvalue weighted by Crippen LogP contribution is -2.18. The molecule has 19 heavy (non-hydrogen) atoms. The Balaban J connectivity index is 2.26. The molecule has 4 heteroatoms. The molecule has 0 bridgehead atoms. The first-order valence-electron chi connectivity index (χ1n) is 5.98. The van der Waals surface area contributed by atoms with Crippen LogP contribution >= 0.6 is 23.2 Å². The van der Waals surface area contributed by atoms with Gasteiger partial charge in [-0.05, 0) is 42.3 Å². The molecular formula is C15H15Cl2NO. The van der Waals surface area contributed by atoms with E-state index in [1.165, 1.54) is 0 Å². The lowest BCUT2D eigenvalue weighted by Gasteiger charge is -2.19. The number of benzene rings is 2. The molecule has 2 aromatic carbocycles. The molecule has 0 heterocycles. The molecular weight excluding hydrogens is 281 g/mol. The minimum absolute atomic E-state index is 0.266. The molecule has 1 atom stereocenters. The predicted octanol–water partition coefficient (Wildman–Crippen LogP) is 4.38. The molecule has 0 aliphatic rings. The van der Waals surface area contributed by atoms with Gasteiger partial charge in [0.15, 0.2) is 0 Å². The van der Waals surface area contributed by atoms with E-state index < -0.39 is 0 Å². The van der Waals surface area contributed by atoms with Crippen molar-refractivity contribution in [2.45, 2.75) is 13.0 Å². The van der Waals surface area contributed by atoms with E-state index in [-0.39, 0.29) is 6.10 Å². The van der Waals surface area contributed by atoms with Crippen LogP contribution in [0.1, 0.15) is 17.2 Å². The van der Waals surface area contributed by atoms with Crippen molar-refractivity contribution < 1.29 is 4.74 Å². The highest BCUT2D eigenvalue weighted by atomic mass is 35.5. The number of halogens is 2. The second-order valence-corrected chi connectivity index (χ2v) is 5.17. The minimum atomic E-state index is -0.266. The van der Waals surface area contributed by atoms with Crippen LogP contribution in [-0.4, -0.2) is 6.54 Å². The Bertz CT molecular complexity index is 572. The number of rotatable bonds is 4. The molecule has 100 valence electrons. The van der Waals surface area contributed by atoms with Gasteiger partial charge < -0.3 is 10.5 Å². The van der Waals surface area contributed by atoms with Crippen LogP contribution in [0.15, 0.2) is 42.5 Å². The summed E-state index contributed by atoms with van der Waals surface area (Å²) < 4.78 is 5.90. The Hall–Kier alpha value is -1.22. The molecule has 0 saturated carbocycles. The predicted molar refractivity (Wildman–Crippen MR) is 80.1 cm³/mol. The number of hydrogen-bond acceptors (Lipinski definition) is 2. The van der Waals surface area contributed by atoms with Crippen molar-refractivity contribution in [3.63, 3.8) is 0 Å². The van der Waals surface area contributed by atoms with Crippen LogP contribution in [0.25, 0.3) is 0 Å². The molecule has 1 unspecified atom stereocenters. The van der Waals surface area contributed by atoms with Crippen molar-refractivity contribution in [1.29, 1.82) is 0 Å². The molecule has 0 aliphatic carbocycles. The molecule has 0 fully saturated rings. The van der Waals surface area contributed by atoms with Crippen molar-refractivity contribution >= 4 is 23.2 Å². The van der Waals surface area contributed by atoms with E-state index >= 15 is 0 Å². The smallest absolute Gasteiger partial charge is 0.139 e. The van der Waals surface area contributed by atoms with E-state index in [2.05, 4.69) is 0 Å². The van der Waals surface area contributed by atoms with Crippen molar-refractivity contribution in [1.82, 2.24) is 0 Å². The van der Waals surface area contributed by atoms with Crippen LogP contribution in [0.4, 0.5) is 0 Å². The van der Waals surface area contributed by atoms with Gasteiger partial charge in [-0.2, -0.15) is 0 Å². The van der Waals surface area contributed by atoms with Gasteiger partial charge in [-0.25, -0.2) is 0 Å². The lowest BCUT2D eigenvalue weighted by atomic mass is 10.1. The maximum atomic E-state index is 6.12. The van der Waals surface area contributed by atoms with Crippen molar-refractivity contribution in [2.75, 3.05) is 6.54 Å². The zero-order valence-electron chi connectivity index (χ0n) is 10.6. The first kappa shape index (κ1) is 14.2. The fourth-order valence-corrected chi connectivity index (χ4v) is 2.17. The zero-order chi connectivity index (χ0) is 13.8. The molecule has 2 rings (SSSR count). The van der Waals surface area contributed by atoms with Gasteiger partial charge in [0, 0.05) is 11.6 Å². The first-order chi connectivity index (χ1) is 9.10. The maximum Gasteiger partial charge on any atom is 0.139 e. The number of hydrogen-bond donors (Lipinski definition) is 1. The molecule has 2 nitrogen and oxygen atoms in total. The van der Waals surface area contributed by atoms with Gasteiger partial charge in [-0.15, -0.1) is 0 Å². The summed E-state index contributed by atoms with van der Waals surface area (Å²) in [5.41, 5.74) is 7.80. The van der Waals surface area contributed by atoms with E-state index in [4.69, 9.17) is 33.7 Å². The Morgan fingerprint density at radius 1 is 1.16 bits per heavy atom. The van der Waals surface area contributed by atoms with Crippen LogP contribution < -0.4 is 10.5 Å². The van der Waals surface area contributed by atoms with Gasteiger partial charge in [0.1, 0.15) is 11.9 Å². The standard InChI is InChI=1S/C15H15Cl2NO/c1-10-5-6-13(17)14(7-10)19-15(9-18)11-3-2-4-12(16)8-11/h2-8,15H,9,18H2,1H3. The monoisotopic (exact) mass is 295 g/mol. The quantitative estimate of drug-likeness (QED) is 0.908. The average Bonchev–Trinajstić information content (AvgIpc) is 2.39. The Labute approximate surface area is 123 Å². The number of aryl methyl sites for hydroxylation is 1. The van der Waals surface area contributed by atoms with E-state index in [1.807, 2.05) is 49.4 Å². The van der Waals surface area contributed by atoms with Crippen molar-refractivity contribution in [3.8, 4) is 5.75 Å². The Kier molecular flexibility index (Phi) is 4.70. The fraction of sp³-hybridized carbons (Fsp3) is 0.200. The highest BCUT2D eigenvalue weighted by Crippen LogP contribution is 2.30. The van der Waals surface area contributed by atoms with Crippen LogP contribution in [0.2, 0.25) is 10.0 Å². The zero-order valence-corrected chi connectivity index (χ0v) is 12.1. The number of ether oxygens (including phenoxy) is 1. The summed E-state index contributed by atoms with van der Waals surface area (Å²) in [5, 5.41) is 1.24. The molecule has 0 saturated heterocycles. The highest BCUT2D eigenvalue weighted by Gasteiger charge is 2.13. The summed E-state index contributed by atoms with van der Waals surface area (Å²) in [5.74, 6) is 0.636. The van der Waals surface area contributed by atoms with Gasteiger partial charge in [0.2, 0.25) is 0 Å². The highest BCUT2D eigenvalue weighted by molar-refractivity contribution is 6.32. The van der Waals surface area contributed by atoms with Gasteiger partial charge >= 0.3 is 0 Å². The molecule has 2 aromatic rings. The van der Waals surface area contributed by atoms with Gasteiger partial charge in [-0.1, -0.05) is 41.4 Å². The van der Waals surface area contributed by atoms with E-state index in [0.717, 1.165) is 11.1 Å². The van der Waals surface area contributed by atoms with Crippen LogP contribution in [0.5, 0.6) is 5.75 Å². The van der Waals surface area contributed by atoms with Crippen LogP contribution in [-0.2, 0) is 0 Å². The summed E-state index contributed by atoms with van der Waals surface area (Å²) in [6.45, 7) is 2.34. The lowest BCUT2D eigenvalue weighted by molar-refractivity contribution is 0.214. The molecule has 0 aromatic heterocycles. The van der Waals surface area contributed by atoms with E-state index in [1.54, 1.807) is 0 Å². The summed E-state index contributed by atoms with van der Waals surface area (Å²) in [6, 6.07) is 13.1. The third-order valence-electron chi connectivity index (χ3n) is 2.79. The normalized spacial score (nSPS) is 12.2. The summed E-state index contributed by atoms with van der Waals surface area (Å²) in [7, 11) is 0. The average molecular weight is 296 g/mol. The second kappa shape index (κ2) is 6.29. The summed E-state index contributed by atoms with van der Waals surface area (Å²) >= 11 is 12.1. The molecule has 2 N–H and O–H groups in total. The largest absolute Gasteiger partial charge is 0.483 e. The minimum Gasteiger partial charge on any atom is -0.483 e. The SMILES string of the molecule is Cc1ccc(Cl)c(OC(CN)c2cccc(Cl)c2)c1. The fourth-order valence-electron chi connectivity index (χ4n) is 1.81. The van der Waals surface area contributed by atoms with Gasteiger partial charge in [-0.3, -0.25) is 0 Å². The molecule has 0 radical (unpaired) electrons. The summed E-state index contributed by atoms with van der Waals surface area (Å²) in [4.78, 5) is 0. The third kappa shape index (κ3) is 3.63. The number of nitrogens with two attached hydrogens (primary N) is 1. The Morgan fingerprint density at radius 2 is 1.95 bits per heavy atom.